The predicted molar refractivity (Wildman–Crippen MR) is 159 cm³/mol. The number of aromatic nitrogens is 3. The molecule has 1 N–H and O–H groups in total. The van der Waals surface area contributed by atoms with Crippen LogP contribution < -0.4 is 0 Å². The van der Waals surface area contributed by atoms with Crippen molar-refractivity contribution < 1.29 is 27.5 Å². The minimum atomic E-state index is 0. The fraction of sp³-hybridized carbons (Fsp3) is 0. The van der Waals surface area contributed by atoms with Crippen LogP contribution in [0.15, 0.2) is 127 Å². The van der Waals surface area contributed by atoms with Gasteiger partial charge in [-0.2, -0.15) is 0 Å². The van der Waals surface area contributed by atoms with E-state index >= 15 is 0 Å². The molecule has 40 heavy (non-hydrogen) atoms. The van der Waals surface area contributed by atoms with Crippen molar-refractivity contribution in [1.29, 1.82) is 0 Å². The second-order valence-corrected chi connectivity index (χ2v) is 10.0. The van der Waals surface area contributed by atoms with Gasteiger partial charge in [0.2, 0.25) is 0 Å². The molecule has 3 aromatic heterocycles. The summed E-state index contributed by atoms with van der Waals surface area (Å²) in [6, 6.07) is 39.4. The Morgan fingerprint density at radius 3 is 2.40 bits per heavy atom. The van der Waals surface area contributed by atoms with Crippen LogP contribution >= 0.6 is 11.3 Å². The fourth-order valence-corrected chi connectivity index (χ4v) is 5.59. The number of para-hydroxylation sites is 3. The molecule has 196 valence electrons. The average Bonchev–Trinajstić information content (AvgIpc) is 3.67. The minimum Gasteiger partial charge on any atom is -0.507 e. The molecule has 0 bridgehead atoms. The molecule has 0 aliphatic heterocycles. The number of rotatable bonds is 5. The maximum absolute atomic E-state index is 10.7. The van der Waals surface area contributed by atoms with Gasteiger partial charge in [-0.15, -0.1) is 41.2 Å². The van der Waals surface area contributed by atoms with Crippen molar-refractivity contribution in [3.05, 3.63) is 133 Å². The Morgan fingerprint density at radius 2 is 1.57 bits per heavy atom. The van der Waals surface area contributed by atoms with E-state index in [-0.39, 0.29) is 26.8 Å². The molecule has 7 rings (SSSR count). The summed E-state index contributed by atoms with van der Waals surface area (Å²) in [6.07, 6.45) is 1.60. The quantitative estimate of drug-likeness (QED) is 0.182. The van der Waals surface area contributed by atoms with Crippen molar-refractivity contribution in [1.82, 2.24) is 14.5 Å². The molecule has 0 radical (unpaired) electrons. The van der Waals surface area contributed by atoms with E-state index in [1.54, 1.807) is 23.6 Å². The number of phenolic OH excluding ortho intramolecular Hbond substituents is 1. The standard InChI is InChI=1S/C34H22N3OS.Pt/c38-31-16-5-4-13-28(31)34-36-33-27(14-7-15-30(33)37(34)26-11-2-1-3-12-26)23-9-6-10-24(21-23)29-22-25(18-19-35-29)32-17-8-20-39-32;/h1-20,22,38H;/q-1;/i18D;. The Balaban J connectivity index is 0.00000302. The summed E-state index contributed by atoms with van der Waals surface area (Å²) in [5.74, 6) is 0.840. The molecule has 6 heteroatoms. The van der Waals surface area contributed by atoms with E-state index in [1.807, 2.05) is 109 Å². The molecule has 0 saturated heterocycles. The zero-order valence-electron chi connectivity index (χ0n) is 22.1. The zero-order chi connectivity index (χ0) is 27.1. The van der Waals surface area contributed by atoms with Crippen LogP contribution in [0, 0.1) is 6.07 Å². The molecule has 0 fully saturated rings. The first-order chi connectivity index (χ1) is 19.7. The van der Waals surface area contributed by atoms with Gasteiger partial charge in [-0.3, -0.25) is 9.55 Å². The van der Waals surface area contributed by atoms with E-state index in [9.17, 15) is 5.11 Å². The number of fused-ring (bicyclic) bond motifs is 1. The Hall–Kier alpha value is -4.31. The molecule has 3 heterocycles. The first kappa shape index (κ1) is 24.7. The van der Waals surface area contributed by atoms with Crippen LogP contribution in [0.5, 0.6) is 5.75 Å². The van der Waals surface area contributed by atoms with Crippen molar-refractivity contribution in [3.63, 3.8) is 0 Å². The zero-order valence-corrected chi connectivity index (χ0v) is 24.1. The number of phenols is 1. The molecule has 7 aromatic rings. The van der Waals surface area contributed by atoms with Crippen LogP contribution in [0.25, 0.3) is 60.9 Å². The van der Waals surface area contributed by atoms with Gasteiger partial charge in [0.25, 0.3) is 0 Å². The van der Waals surface area contributed by atoms with E-state index in [4.69, 9.17) is 6.35 Å². The second-order valence-electron chi connectivity index (χ2n) is 9.10. The molecule has 0 atom stereocenters. The molecule has 0 spiro atoms. The van der Waals surface area contributed by atoms with Crippen molar-refractivity contribution in [2.45, 2.75) is 0 Å². The number of hydrogen-bond acceptors (Lipinski definition) is 4. The van der Waals surface area contributed by atoms with E-state index in [0.29, 0.717) is 17.4 Å². The Morgan fingerprint density at radius 1 is 0.800 bits per heavy atom. The number of hydrogen-bond donors (Lipinski definition) is 1. The summed E-state index contributed by atoms with van der Waals surface area (Å²) >= 11 is 1.61. The van der Waals surface area contributed by atoms with Gasteiger partial charge in [0.05, 0.1) is 18.0 Å². The molecule has 0 aliphatic rings. The molecular weight excluding hydrogens is 694 g/mol. The van der Waals surface area contributed by atoms with E-state index in [1.165, 1.54) is 0 Å². The van der Waals surface area contributed by atoms with Gasteiger partial charge in [0.1, 0.15) is 11.6 Å². The maximum atomic E-state index is 10.7. The van der Waals surface area contributed by atoms with Crippen LogP contribution in [0.1, 0.15) is 1.37 Å². The third-order valence-electron chi connectivity index (χ3n) is 6.70. The second kappa shape index (κ2) is 11.1. The summed E-state index contributed by atoms with van der Waals surface area (Å²) < 4.78 is 10.4. The van der Waals surface area contributed by atoms with Crippen LogP contribution in [0.2, 0.25) is 0 Å². The van der Waals surface area contributed by atoms with Crippen LogP contribution in [-0.2, 0) is 21.1 Å². The van der Waals surface area contributed by atoms with E-state index in [0.717, 1.165) is 49.5 Å². The SMILES string of the molecule is [2H]c1cnc(-c2[c-]c(-c3cccc4c3nc(-c3ccccc3O)n4-c3ccccc3)ccc2)cc1-c1cccs1.[Pt]. The monoisotopic (exact) mass is 716 g/mol. The van der Waals surface area contributed by atoms with E-state index < -0.39 is 0 Å². The normalized spacial score (nSPS) is 11.2. The Labute approximate surface area is 251 Å². The smallest absolute Gasteiger partial charge is 0.148 e. The molecule has 4 aromatic carbocycles. The van der Waals surface area contributed by atoms with Crippen LogP contribution in [0.4, 0.5) is 0 Å². The number of benzene rings is 4. The van der Waals surface area contributed by atoms with Crippen LogP contribution in [-0.4, -0.2) is 19.6 Å². The summed E-state index contributed by atoms with van der Waals surface area (Å²) in [6.45, 7) is 0. The summed E-state index contributed by atoms with van der Waals surface area (Å²) in [4.78, 5) is 10.7. The van der Waals surface area contributed by atoms with E-state index in [2.05, 4.69) is 15.6 Å². The largest absolute Gasteiger partial charge is 0.507 e. The van der Waals surface area contributed by atoms with Gasteiger partial charge in [0.15, 0.2) is 0 Å². The topological polar surface area (TPSA) is 50.9 Å². The molecule has 0 saturated carbocycles. The van der Waals surface area contributed by atoms with Gasteiger partial charge in [0, 0.05) is 43.5 Å². The Kier molecular flexibility index (Phi) is 6.83. The third kappa shape index (κ3) is 4.68. The number of aromatic hydroxyl groups is 1. The number of nitrogens with zero attached hydrogens (tertiary/aromatic N) is 3. The third-order valence-corrected chi connectivity index (χ3v) is 7.60. The van der Waals surface area contributed by atoms with Crippen molar-refractivity contribution in [2.24, 2.45) is 0 Å². The van der Waals surface area contributed by atoms with Gasteiger partial charge < -0.3 is 5.11 Å². The van der Waals surface area contributed by atoms with Crippen molar-refractivity contribution in [2.75, 3.05) is 0 Å². The van der Waals surface area contributed by atoms with Gasteiger partial charge in [-0.05, 0) is 53.4 Å². The molecule has 4 nitrogen and oxygen atoms in total. The molecular formula is C34H22N3OPtS-. The molecule has 0 amide bonds. The average molecular weight is 717 g/mol. The first-order valence-corrected chi connectivity index (χ1v) is 13.4. The molecule has 0 unspecified atom stereocenters. The Bertz CT molecular complexity index is 1990. The summed E-state index contributed by atoms with van der Waals surface area (Å²) in [7, 11) is 0. The van der Waals surface area contributed by atoms with Crippen LogP contribution in [0.3, 0.4) is 0 Å². The van der Waals surface area contributed by atoms with Crippen molar-refractivity contribution in [3.8, 4) is 55.6 Å². The number of pyridine rings is 1. The van der Waals surface area contributed by atoms with Gasteiger partial charge in [-0.25, -0.2) is 4.98 Å². The predicted octanol–water partition coefficient (Wildman–Crippen LogP) is 8.65. The maximum Gasteiger partial charge on any atom is 0.148 e. The van der Waals surface area contributed by atoms with Gasteiger partial charge >= 0.3 is 0 Å². The molecule has 0 aliphatic carbocycles. The first-order valence-electron chi connectivity index (χ1n) is 13.1. The van der Waals surface area contributed by atoms with Gasteiger partial charge in [-0.1, -0.05) is 65.7 Å². The minimum absolute atomic E-state index is 0. The number of imidazole rings is 1. The van der Waals surface area contributed by atoms with Crippen molar-refractivity contribution >= 4 is 22.4 Å². The number of thiophene rings is 1. The summed E-state index contributed by atoms with van der Waals surface area (Å²) in [5, 5.41) is 12.8. The fourth-order valence-electron chi connectivity index (χ4n) is 4.88. The summed E-state index contributed by atoms with van der Waals surface area (Å²) in [5.41, 5.74) is 7.64.